The number of phenols is 1. The highest BCUT2D eigenvalue weighted by Gasteiger charge is 2.30. The van der Waals surface area contributed by atoms with Gasteiger partial charge in [0.1, 0.15) is 11.3 Å². The van der Waals surface area contributed by atoms with Crippen LogP contribution in [0.5, 0.6) is 5.75 Å². The number of phenolic OH excluding ortho intramolecular Hbond substituents is 1. The molecule has 1 aliphatic rings. The van der Waals surface area contributed by atoms with Gasteiger partial charge in [0.2, 0.25) is 5.78 Å². The molecule has 20 heavy (non-hydrogen) atoms. The lowest BCUT2D eigenvalue weighted by Gasteiger charge is -2.06. The molecule has 1 aromatic heterocycles. The van der Waals surface area contributed by atoms with Gasteiger partial charge in [-0.15, -0.1) is 0 Å². The third-order valence-electron chi connectivity index (χ3n) is 3.47. The van der Waals surface area contributed by atoms with Gasteiger partial charge in [0.15, 0.2) is 5.82 Å². The minimum Gasteiger partial charge on any atom is -0.506 e. The van der Waals surface area contributed by atoms with Gasteiger partial charge in [0.05, 0.1) is 16.6 Å². The van der Waals surface area contributed by atoms with Crippen LogP contribution in [0, 0.1) is 0 Å². The lowest BCUT2D eigenvalue weighted by Crippen LogP contribution is -2.21. The summed E-state index contributed by atoms with van der Waals surface area (Å²) in [6.07, 6.45) is 0. The molecule has 0 saturated carbocycles. The van der Waals surface area contributed by atoms with Crippen molar-refractivity contribution in [3.63, 3.8) is 0 Å². The fourth-order valence-electron chi connectivity index (χ4n) is 2.55. The van der Waals surface area contributed by atoms with Crippen LogP contribution in [0.15, 0.2) is 47.3 Å². The second kappa shape index (κ2) is 3.54. The Morgan fingerprint density at radius 2 is 1.80 bits per heavy atom. The number of rotatable bonds is 0. The van der Waals surface area contributed by atoms with Gasteiger partial charge in [-0.1, -0.05) is 18.2 Å². The van der Waals surface area contributed by atoms with Crippen molar-refractivity contribution in [3.05, 3.63) is 64.2 Å². The first-order chi connectivity index (χ1) is 9.68. The van der Waals surface area contributed by atoms with Gasteiger partial charge < -0.3 is 5.11 Å². The molecule has 3 aromatic rings. The number of carbonyl (C=O) groups excluding carboxylic acids is 1. The van der Waals surface area contributed by atoms with Crippen molar-refractivity contribution in [3.8, 4) is 11.4 Å². The smallest absolute Gasteiger partial charge is 0.266 e. The van der Waals surface area contributed by atoms with Gasteiger partial charge in [-0.3, -0.25) is 14.2 Å². The maximum absolute atomic E-state index is 12.5. The Morgan fingerprint density at radius 1 is 1.00 bits per heavy atom. The van der Waals surface area contributed by atoms with Gasteiger partial charge in [0, 0.05) is 0 Å². The first-order valence-electron chi connectivity index (χ1n) is 6.07. The third-order valence-corrected chi connectivity index (χ3v) is 3.47. The van der Waals surface area contributed by atoms with Crippen molar-refractivity contribution in [1.82, 2.24) is 9.55 Å². The summed E-state index contributed by atoms with van der Waals surface area (Å²) in [4.78, 5) is 29.0. The zero-order valence-electron chi connectivity index (χ0n) is 10.2. The van der Waals surface area contributed by atoms with E-state index >= 15 is 0 Å². The molecule has 5 nitrogen and oxygen atoms in total. The summed E-state index contributed by atoms with van der Waals surface area (Å²) < 4.78 is 1.30. The molecule has 5 heteroatoms. The number of hydrogen-bond donors (Lipinski definition) is 1. The molecule has 2 aromatic carbocycles. The number of benzene rings is 2. The predicted molar refractivity (Wildman–Crippen MR) is 72.4 cm³/mol. The van der Waals surface area contributed by atoms with Crippen LogP contribution in [0.25, 0.3) is 16.6 Å². The first-order valence-corrected chi connectivity index (χ1v) is 6.07. The van der Waals surface area contributed by atoms with E-state index < -0.39 is 0 Å². The Balaban J connectivity index is 2.24. The number of nitrogens with zero attached hydrogens (tertiary/aromatic N) is 2. The van der Waals surface area contributed by atoms with E-state index in [1.807, 2.05) is 0 Å². The Labute approximate surface area is 112 Å². The van der Waals surface area contributed by atoms with Crippen molar-refractivity contribution in [1.29, 1.82) is 0 Å². The van der Waals surface area contributed by atoms with E-state index in [1.54, 1.807) is 36.4 Å². The number of hydrogen-bond acceptors (Lipinski definition) is 4. The first kappa shape index (κ1) is 10.9. The molecule has 4 rings (SSSR count). The summed E-state index contributed by atoms with van der Waals surface area (Å²) in [5, 5.41) is 10.1. The van der Waals surface area contributed by atoms with Gasteiger partial charge in [-0.2, -0.15) is 0 Å². The third kappa shape index (κ3) is 1.19. The molecule has 0 radical (unpaired) electrons. The van der Waals surface area contributed by atoms with E-state index in [0.29, 0.717) is 16.6 Å². The highest BCUT2D eigenvalue weighted by Crippen LogP contribution is 2.28. The number of aromatic nitrogens is 2. The average Bonchev–Trinajstić information content (AvgIpc) is 2.75. The van der Waals surface area contributed by atoms with Crippen LogP contribution in [-0.4, -0.2) is 20.4 Å². The molecule has 0 bridgehead atoms. The van der Waals surface area contributed by atoms with Crippen molar-refractivity contribution in [2.75, 3.05) is 0 Å². The number of carbonyl (C=O) groups is 1. The highest BCUT2D eigenvalue weighted by atomic mass is 16.3. The molecule has 1 N–H and O–H groups in total. The summed E-state index contributed by atoms with van der Waals surface area (Å²) in [6.45, 7) is 0. The molecule has 96 valence electrons. The molecule has 0 spiro atoms. The molecule has 0 fully saturated rings. The fraction of sp³-hybridized carbons (Fsp3) is 0. The van der Waals surface area contributed by atoms with E-state index in [4.69, 9.17) is 0 Å². The predicted octanol–water partition coefficient (Wildman–Crippen LogP) is 1.64. The van der Waals surface area contributed by atoms with E-state index in [2.05, 4.69) is 4.98 Å². The van der Waals surface area contributed by atoms with E-state index in [1.165, 1.54) is 10.6 Å². The van der Waals surface area contributed by atoms with Crippen LogP contribution in [0.1, 0.15) is 16.2 Å². The van der Waals surface area contributed by atoms with Gasteiger partial charge >= 0.3 is 0 Å². The zero-order valence-corrected chi connectivity index (χ0v) is 10.2. The molecule has 0 atom stereocenters. The quantitative estimate of drug-likeness (QED) is 0.524. The van der Waals surface area contributed by atoms with Gasteiger partial charge in [-0.05, 0) is 24.3 Å². The van der Waals surface area contributed by atoms with Gasteiger partial charge in [0.25, 0.3) is 5.56 Å². The van der Waals surface area contributed by atoms with Crippen LogP contribution in [0.3, 0.4) is 0 Å². The number of fused-ring (bicyclic) bond motifs is 4. The average molecular weight is 264 g/mol. The van der Waals surface area contributed by atoms with Gasteiger partial charge in [-0.25, -0.2) is 4.98 Å². The summed E-state index contributed by atoms with van der Waals surface area (Å²) >= 11 is 0. The standard InChI is InChI=1S/C15H8N2O3/c18-11-7-3-5-9-12(11)16-14-13(19)8-4-1-2-6-10(8)17(14)15(9)20/h1-7,18H. The van der Waals surface area contributed by atoms with Crippen LogP contribution in [0.2, 0.25) is 0 Å². The Bertz CT molecular complexity index is 957. The monoisotopic (exact) mass is 264 g/mol. The fourth-order valence-corrected chi connectivity index (χ4v) is 2.55. The summed E-state index contributed by atoms with van der Waals surface area (Å²) in [6, 6.07) is 11.5. The topological polar surface area (TPSA) is 72.2 Å². The maximum Gasteiger partial charge on any atom is 0.266 e. The van der Waals surface area contributed by atoms with Crippen LogP contribution < -0.4 is 5.56 Å². The van der Waals surface area contributed by atoms with E-state index in [9.17, 15) is 14.7 Å². The lowest BCUT2D eigenvalue weighted by atomic mass is 10.1. The van der Waals surface area contributed by atoms with Crippen LogP contribution >= 0.6 is 0 Å². The molecular formula is C15H8N2O3. The molecule has 0 aliphatic carbocycles. The maximum atomic E-state index is 12.5. The molecule has 1 aliphatic heterocycles. The van der Waals surface area contributed by atoms with Crippen molar-refractivity contribution in [2.24, 2.45) is 0 Å². The molecule has 0 unspecified atom stereocenters. The molecule has 2 heterocycles. The SMILES string of the molecule is O=C1c2ccccc2-n2c1nc1c(O)cccc1c2=O. The second-order valence-electron chi connectivity index (χ2n) is 4.60. The lowest BCUT2D eigenvalue weighted by molar-refractivity contribution is 0.103. The van der Waals surface area contributed by atoms with Crippen molar-refractivity contribution >= 4 is 16.7 Å². The van der Waals surface area contributed by atoms with Crippen LogP contribution in [0.4, 0.5) is 0 Å². The summed E-state index contributed by atoms with van der Waals surface area (Å²) in [5.74, 6) is -0.361. The van der Waals surface area contributed by atoms with Crippen molar-refractivity contribution < 1.29 is 9.90 Å². The molecule has 0 saturated heterocycles. The van der Waals surface area contributed by atoms with Crippen molar-refractivity contribution in [2.45, 2.75) is 0 Å². The largest absolute Gasteiger partial charge is 0.506 e. The number of para-hydroxylation sites is 2. The Kier molecular flexibility index (Phi) is 1.93. The molecule has 0 amide bonds. The van der Waals surface area contributed by atoms with E-state index in [-0.39, 0.29) is 28.4 Å². The Morgan fingerprint density at radius 3 is 2.65 bits per heavy atom. The Hall–Kier alpha value is -2.95. The molecular weight excluding hydrogens is 256 g/mol. The normalized spacial score (nSPS) is 12.5. The number of ketones is 1. The second-order valence-corrected chi connectivity index (χ2v) is 4.60. The van der Waals surface area contributed by atoms with E-state index in [0.717, 1.165) is 0 Å². The minimum atomic E-state index is -0.348. The van der Waals surface area contributed by atoms with Crippen LogP contribution in [-0.2, 0) is 0 Å². The number of aromatic hydroxyl groups is 1. The minimum absolute atomic E-state index is 0.0465. The highest BCUT2D eigenvalue weighted by molar-refractivity contribution is 6.13. The summed E-state index contributed by atoms with van der Waals surface area (Å²) in [5.41, 5.74) is 0.797. The summed E-state index contributed by atoms with van der Waals surface area (Å²) in [7, 11) is 0. The zero-order chi connectivity index (χ0) is 13.9.